The van der Waals surface area contributed by atoms with Gasteiger partial charge >= 0.3 is 0 Å². The minimum absolute atomic E-state index is 0.0579. The molecule has 0 radical (unpaired) electrons. The summed E-state index contributed by atoms with van der Waals surface area (Å²) >= 11 is 0. The number of hydrogen-bond acceptors (Lipinski definition) is 3. The molecule has 0 aliphatic heterocycles. The number of nitrogens with one attached hydrogen (secondary N) is 1. The van der Waals surface area contributed by atoms with Gasteiger partial charge in [0.1, 0.15) is 0 Å². The van der Waals surface area contributed by atoms with Crippen molar-refractivity contribution in [3.8, 4) is 0 Å². The lowest BCUT2D eigenvalue weighted by atomic mass is 10.1. The maximum atomic E-state index is 11.8. The van der Waals surface area contributed by atoms with Gasteiger partial charge in [0.25, 0.3) is 0 Å². The van der Waals surface area contributed by atoms with Crippen LogP contribution < -0.4 is 5.32 Å². The topological polar surface area (TPSA) is 58.6 Å². The van der Waals surface area contributed by atoms with Crippen molar-refractivity contribution < 1.29 is 14.3 Å². The number of anilines is 1. The minimum Gasteiger partial charge on any atom is -0.378 e. The van der Waals surface area contributed by atoms with Crippen LogP contribution in [0.2, 0.25) is 0 Å². The van der Waals surface area contributed by atoms with Crippen molar-refractivity contribution in [1.29, 1.82) is 0 Å². The summed E-state index contributed by atoms with van der Waals surface area (Å²) in [6.45, 7) is 10.4. The Morgan fingerprint density at radius 3 is 2.22 bits per heavy atom. The summed E-state index contributed by atoms with van der Waals surface area (Å²) in [4.78, 5) is 25.2. The average molecular weight is 320 g/mol. The van der Waals surface area contributed by atoms with Gasteiger partial charge in [-0.3, -0.25) is 9.59 Å². The van der Waals surface area contributed by atoms with E-state index in [2.05, 4.69) is 5.32 Å². The van der Waals surface area contributed by atoms with E-state index in [1.165, 1.54) is 0 Å². The molecule has 0 aromatic heterocycles. The second-order valence-corrected chi connectivity index (χ2v) is 6.16. The summed E-state index contributed by atoms with van der Waals surface area (Å²) in [6, 6.07) is 7.73. The van der Waals surface area contributed by atoms with Gasteiger partial charge in [-0.2, -0.15) is 0 Å². The second kappa shape index (κ2) is 9.30. The Bertz CT molecular complexity index is 510. The molecule has 0 saturated heterocycles. The molecule has 0 aliphatic rings. The summed E-state index contributed by atoms with van der Waals surface area (Å²) in [5.74, 6) is -0.00604. The first-order valence-corrected chi connectivity index (χ1v) is 8.07. The monoisotopic (exact) mass is 320 g/mol. The van der Waals surface area contributed by atoms with Gasteiger partial charge in [-0.05, 0) is 45.4 Å². The summed E-state index contributed by atoms with van der Waals surface area (Å²) in [5.41, 5.74) is 1.79. The zero-order valence-corrected chi connectivity index (χ0v) is 14.8. The smallest absolute Gasteiger partial charge is 0.226 e. The number of carbonyl (C=O) groups is 2. The van der Waals surface area contributed by atoms with Crippen molar-refractivity contribution in [1.82, 2.24) is 4.90 Å². The fraction of sp³-hybridized carbons (Fsp3) is 0.556. The Hall–Kier alpha value is -1.88. The maximum absolute atomic E-state index is 11.8. The third-order valence-electron chi connectivity index (χ3n) is 3.40. The molecule has 1 N–H and O–H groups in total. The van der Waals surface area contributed by atoms with E-state index in [0.29, 0.717) is 19.6 Å². The molecule has 0 saturated carbocycles. The van der Waals surface area contributed by atoms with Crippen LogP contribution in [0, 0.1) is 0 Å². The van der Waals surface area contributed by atoms with Crippen molar-refractivity contribution in [2.24, 2.45) is 0 Å². The first-order chi connectivity index (χ1) is 10.8. The molecule has 128 valence electrons. The lowest BCUT2D eigenvalue weighted by Gasteiger charge is -2.25. The van der Waals surface area contributed by atoms with E-state index >= 15 is 0 Å². The maximum Gasteiger partial charge on any atom is 0.226 e. The number of rotatable bonds is 8. The van der Waals surface area contributed by atoms with Crippen LogP contribution in [0.5, 0.6) is 0 Å². The van der Waals surface area contributed by atoms with Crippen molar-refractivity contribution in [3.63, 3.8) is 0 Å². The SMILES string of the molecule is CC(=O)N(Cc1ccc(NC(=O)CCOC(C)C)cc1)C(C)C. The molecule has 2 amide bonds. The van der Waals surface area contributed by atoms with Gasteiger partial charge in [-0.15, -0.1) is 0 Å². The molecule has 0 heterocycles. The molecule has 23 heavy (non-hydrogen) atoms. The van der Waals surface area contributed by atoms with Gasteiger partial charge in [0.05, 0.1) is 19.1 Å². The molecule has 5 nitrogen and oxygen atoms in total. The lowest BCUT2D eigenvalue weighted by molar-refractivity contribution is -0.131. The van der Waals surface area contributed by atoms with Crippen molar-refractivity contribution in [3.05, 3.63) is 29.8 Å². The highest BCUT2D eigenvalue weighted by Gasteiger charge is 2.13. The van der Waals surface area contributed by atoms with Crippen molar-refractivity contribution in [2.75, 3.05) is 11.9 Å². The summed E-state index contributed by atoms with van der Waals surface area (Å²) in [5, 5.41) is 2.84. The van der Waals surface area contributed by atoms with Crippen LogP contribution in [-0.4, -0.2) is 35.5 Å². The number of hydrogen-bond donors (Lipinski definition) is 1. The van der Waals surface area contributed by atoms with Gasteiger partial charge in [0.15, 0.2) is 0 Å². The highest BCUT2D eigenvalue weighted by molar-refractivity contribution is 5.90. The third-order valence-corrected chi connectivity index (χ3v) is 3.40. The molecule has 1 rings (SSSR count). The van der Waals surface area contributed by atoms with E-state index in [-0.39, 0.29) is 24.0 Å². The normalized spacial score (nSPS) is 10.9. The molecule has 0 unspecified atom stereocenters. The predicted molar refractivity (Wildman–Crippen MR) is 92.1 cm³/mol. The number of benzene rings is 1. The highest BCUT2D eigenvalue weighted by Crippen LogP contribution is 2.13. The van der Waals surface area contributed by atoms with Crippen molar-refractivity contribution in [2.45, 2.75) is 59.7 Å². The highest BCUT2D eigenvalue weighted by atomic mass is 16.5. The van der Waals surface area contributed by atoms with Crippen molar-refractivity contribution >= 4 is 17.5 Å². The molecular weight excluding hydrogens is 292 g/mol. The van der Waals surface area contributed by atoms with Gasteiger partial charge in [-0.1, -0.05) is 12.1 Å². The fourth-order valence-electron chi connectivity index (χ4n) is 2.16. The fourth-order valence-corrected chi connectivity index (χ4v) is 2.16. The van der Waals surface area contributed by atoms with E-state index in [1.807, 2.05) is 52.0 Å². The van der Waals surface area contributed by atoms with E-state index in [1.54, 1.807) is 11.8 Å². The van der Waals surface area contributed by atoms with E-state index in [9.17, 15) is 9.59 Å². The van der Waals surface area contributed by atoms with Gasteiger partial charge in [-0.25, -0.2) is 0 Å². The number of amides is 2. The molecule has 0 atom stereocenters. The Labute approximate surface area is 139 Å². The largest absolute Gasteiger partial charge is 0.378 e. The van der Waals surface area contributed by atoms with Crippen LogP contribution in [0.25, 0.3) is 0 Å². The van der Waals surface area contributed by atoms with E-state index in [0.717, 1.165) is 11.3 Å². The summed E-state index contributed by atoms with van der Waals surface area (Å²) < 4.78 is 5.36. The number of carbonyl (C=O) groups excluding carboxylic acids is 2. The van der Waals surface area contributed by atoms with Crippen LogP contribution in [-0.2, 0) is 20.9 Å². The lowest BCUT2D eigenvalue weighted by Crippen LogP contribution is -2.34. The molecule has 0 aliphatic carbocycles. The first kappa shape index (κ1) is 19.2. The average Bonchev–Trinajstić information content (AvgIpc) is 2.45. The zero-order chi connectivity index (χ0) is 17.4. The summed E-state index contributed by atoms with van der Waals surface area (Å²) in [7, 11) is 0. The van der Waals surface area contributed by atoms with Gasteiger partial charge in [0, 0.05) is 25.2 Å². The number of nitrogens with zero attached hydrogens (tertiary/aromatic N) is 1. The molecule has 0 bridgehead atoms. The molecular formula is C18H28N2O3. The quantitative estimate of drug-likeness (QED) is 0.800. The van der Waals surface area contributed by atoms with Crippen LogP contribution >= 0.6 is 0 Å². The molecule has 0 fully saturated rings. The standard InChI is InChI=1S/C18H28N2O3/c1-13(2)20(15(5)21)12-16-6-8-17(9-7-16)19-18(22)10-11-23-14(3)4/h6-9,13-14H,10-12H2,1-5H3,(H,19,22). The Morgan fingerprint density at radius 1 is 1.13 bits per heavy atom. The van der Waals surface area contributed by atoms with E-state index < -0.39 is 0 Å². The predicted octanol–water partition coefficient (Wildman–Crippen LogP) is 3.20. The van der Waals surface area contributed by atoms with Crippen LogP contribution in [0.4, 0.5) is 5.69 Å². The molecule has 0 spiro atoms. The van der Waals surface area contributed by atoms with Gasteiger partial charge < -0.3 is 15.0 Å². The zero-order valence-electron chi connectivity index (χ0n) is 14.8. The second-order valence-electron chi connectivity index (χ2n) is 6.16. The van der Waals surface area contributed by atoms with E-state index in [4.69, 9.17) is 4.74 Å². The Kier molecular flexibility index (Phi) is 7.75. The third kappa shape index (κ3) is 7.28. The molecule has 1 aromatic rings. The minimum atomic E-state index is -0.0639. The Morgan fingerprint density at radius 2 is 1.74 bits per heavy atom. The van der Waals surface area contributed by atoms with Crippen LogP contribution in [0.15, 0.2) is 24.3 Å². The van der Waals surface area contributed by atoms with Crippen LogP contribution in [0.3, 0.4) is 0 Å². The molecule has 1 aromatic carbocycles. The first-order valence-electron chi connectivity index (χ1n) is 8.07. The Balaban J connectivity index is 2.53. The number of ether oxygens (including phenoxy) is 1. The van der Waals surface area contributed by atoms with Crippen LogP contribution in [0.1, 0.15) is 46.6 Å². The molecule has 5 heteroatoms. The van der Waals surface area contributed by atoms with Gasteiger partial charge in [0.2, 0.25) is 11.8 Å². The summed E-state index contributed by atoms with van der Waals surface area (Å²) in [6.07, 6.45) is 0.470.